The van der Waals surface area contributed by atoms with E-state index >= 15 is 0 Å². The van der Waals surface area contributed by atoms with Crippen LogP contribution >= 0.6 is 0 Å². The highest BCUT2D eigenvalue weighted by Gasteiger charge is 2.16. The number of aromatic nitrogens is 1. The third-order valence-electron chi connectivity index (χ3n) is 1.97. The minimum atomic E-state index is -0.640. The molecule has 0 bridgehead atoms. The van der Waals surface area contributed by atoms with Crippen LogP contribution in [0, 0.1) is 15.9 Å². The first kappa shape index (κ1) is 11.0. The minimum Gasteiger partial charge on any atom is -0.448 e. The molecule has 1 aromatic heterocycles. The summed E-state index contributed by atoms with van der Waals surface area (Å²) >= 11 is 0. The van der Waals surface area contributed by atoms with E-state index in [-0.39, 0.29) is 11.6 Å². The van der Waals surface area contributed by atoms with Crippen molar-refractivity contribution in [1.29, 1.82) is 0 Å². The number of benzene rings is 1. The highest BCUT2D eigenvalue weighted by atomic mass is 19.1. The van der Waals surface area contributed by atoms with Gasteiger partial charge >= 0.3 is 5.82 Å². The van der Waals surface area contributed by atoms with Crippen LogP contribution in [0.25, 0.3) is 0 Å². The van der Waals surface area contributed by atoms with Crippen LogP contribution in [0.4, 0.5) is 10.2 Å². The summed E-state index contributed by atoms with van der Waals surface area (Å²) in [6.07, 6.45) is 1.30. The van der Waals surface area contributed by atoms with Crippen LogP contribution in [-0.2, 0) is 0 Å². The zero-order valence-corrected chi connectivity index (χ0v) is 8.54. The van der Waals surface area contributed by atoms with Gasteiger partial charge in [0, 0.05) is 0 Å². The summed E-state index contributed by atoms with van der Waals surface area (Å²) in [5.41, 5.74) is 0. The van der Waals surface area contributed by atoms with Gasteiger partial charge in [-0.05, 0) is 46.3 Å². The average molecular weight is 234 g/mol. The minimum absolute atomic E-state index is 0.0177. The van der Waals surface area contributed by atoms with Crippen LogP contribution in [0.2, 0.25) is 0 Å². The molecular formula is C11H7FN2O3. The molecule has 0 saturated carbocycles. The molecule has 2 rings (SSSR count). The molecule has 0 saturated heterocycles. The Kier molecular flexibility index (Phi) is 2.95. The van der Waals surface area contributed by atoms with Crippen LogP contribution in [0.15, 0.2) is 42.6 Å². The highest BCUT2D eigenvalue weighted by molar-refractivity contribution is 5.42. The number of hydrogen-bond acceptors (Lipinski definition) is 4. The van der Waals surface area contributed by atoms with E-state index in [9.17, 15) is 14.5 Å². The molecule has 86 valence electrons. The SMILES string of the molecule is O=[N+]([O-])c1ncccc1Oc1ccc(F)cc1. The molecule has 17 heavy (non-hydrogen) atoms. The van der Waals surface area contributed by atoms with E-state index < -0.39 is 10.7 Å². The Hall–Kier alpha value is -2.50. The molecule has 0 radical (unpaired) electrons. The van der Waals surface area contributed by atoms with Gasteiger partial charge in [0.2, 0.25) is 5.75 Å². The largest absolute Gasteiger partial charge is 0.448 e. The topological polar surface area (TPSA) is 65.3 Å². The molecule has 1 heterocycles. The highest BCUT2D eigenvalue weighted by Crippen LogP contribution is 2.28. The van der Waals surface area contributed by atoms with Crippen molar-refractivity contribution < 1.29 is 14.1 Å². The molecule has 5 nitrogen and oxygen atoms in total. The van der Waals surface area contributed by atoms with Gasteiger partial charge in [-0.15, -0.1) is 0 Å². The average Bonchev–Trinajstić information content (AvgIpc) is 2.32. The second-order valence-corrected chi connectivity index (χ2v) is 3.14. The van der Waals surface area contributed by atoms with Gasteiger partial charge in [-0.3, -0.25) is 0 Å². The smallest absolute Gasteiger partial charge is 0.406 e. The van der Waals surface area contributed by atoms with Crippen molar-refractivity contribution in [1.82, 2.24) is 4.98 Å². The Morgan fingerprint density at radius 2 is 1.94 bits per heavy atom. The van der Waals surface area contributed by atoms with Gasteiger partial charge in [0.25, 0.3) is 0 Å². The van der Waals surface area contributed by atoms with Crippen LogP contribution in [-0.4, -0.2) is 9.91 Å². The van der Waals surface area contributed by atoms with Gasteiger partial charge in [0.1, 0.15) is 17.8 Å². The van der Waals surface area contributed by atoms with E-state index in [0.29, 0.717) is 5.75 Å². The summed E-state index contributed by atoms with van der Waals surface area (Å²) in [6, 6.07) is 8.12. The van der Waals surface area contributed by atoms with E-state index in [1.807, 2.05) is 0 Å². The van der Waals surface area contributed by atoms with Gasteiger partial charge in [0.05, 0.1) is 0 Å². The van der Waals surface area contributed by atoms with Crippen LogP contribution in [0.5, 0.6) is 11.5 Å². The second-order valence-electron chi connectivity index (χ2n) is 3.14. The van der Waals surface area contributed by atoms with Crippen molar-refractivity contribution in [2.45, 2.75) is 0 Å². The molecule has 0 atom stereocenters. The fourth-order valence-corrected chi connectivity index (χ4v) is 1.23. The Labute approximate surface area is 95.6 Å². The molecule has 0 spiro atoms. The quantitative estimate of drug-likeness (QED) is 0.605. The van der Waals surface area contributed by atoms with Crippen LogP contribution < -0.4 is 4.74 Å². The molecule has 0 fully saturated rings. The molecule has 0 aliphatic carbocycles. The van der Waals surface area contributed by atoms with Crippen molar-refractivity contribution in [2.24, 2.45) is 0 Å². The molecule has 1 aromatic carbocycles. The third-order valence-corrected chi connectivity index (χ3v) is 1.97. The summed E-state index contributed by atoms with van der Waals surface area (Å²) in [6.45, 7) is 0. The summed E-state index contributed by atoms with van der Waals surface area (Å²) < 4.78 is 17.9. The number of pyridine rings is 1. The van der Waals surface area contributed by atoms with Gasteiger partial charge in [-0.25, -0.2) is 4.39 Å². The number of nitrogens with zero attached hydrogens (tertiary/aromatic N) is 2. The van der Waals surface area contributed by atoms with Gasteiger partial charge in [-0.1, -0.05) is 0 Å². The van der Waals surface area contributed by atoms with Crippen molar-refractivity contribution in [3.05, 3.63) is 58.5 Å². The first-order valence-electron chi connectivity index (χ1n) is 4.69. The Balaban J connectivity index is 2.30. The molecule has 6 heteroatoms. The van der Waals surface area contributed by atoms with Gasteiger partial charge < -0.3 is 14.9 Å². The molecule has 2 aromatic rings. The van der Waals surface area contributed by atoms with E-state index in [2.05, 4.69) is 4.98 Å². The fraction of sp³-hybridized carbons (Fsp3) is 0. The summed E-state index contributed by atoms with van der Waals surface area (Å²) in [5.74, 6) is -0.457. The van der Waals surface area contributed by atoms with Gasteiger partial charge in [-0.2, -0.15) is 0 Å². The fourth-order valence-electron chi connectivity index (χ4n) is 1.23. The standard InChI is InChI=1S/C11H7FN2O3/c12-8-3-5-9(6-4-8)17-10-2-1-7-13-11(10)14(15)16/h1-7H. The van der Waals surface area contributed by atoms with Crippen molar-refractivity contribution in [3.8, 4) is 11.5 Å². The summed E-state index contributed by atoms with van der Waals surface area (Å²) in [5, 5.41) is 10.7. The summed E-state index contributed by atoms with van der Waals surface area (Å²) in [7, 11) is 0. The van der Waals surface area contributed by atoms with Crippen molar-refractivity contribution in [2.75, 3.05) is 0 Å². The predicted octanol–water partition coefficient (Wildman–Crippen LogP) is 2.92. The van der Waals surface area contributed by atoms with Crippen molar-refractivity contribution in [3.63, 3.8) is 0 Å². The Morgan fingerprint density at radius 1 is 1.24 bits per heavy atom. The first-order valence-corrected chi connectivity index (χ1v) is 4.69. The van der Waals surface area contributed by atoms with Gasteiger partial charge in [0.15, 0.2) is 0 Å². The predicted molar refractivity (Wildman–Crippen MR) is 57.4 cm³/mol. The maximum Gasteiger partial charge on any atom is 0.406 e. The van der Waals surface area contributed by atoms with E-state index in [1.54, 1.807) is 0 Å². The third kappa shape index (κ3) is 2.54. The lowest BCUT2D eigenvalue weighted by atomic mass is 10.3. The second kappa shape index (κ2) is 4.56. The molecule has 0 aliphatic rings. The van der Waals surface area contributed by atoms with E-state index in [1.165, 1.54) is 42.6 Å². The van der Waals surface area contributed by atoms with Crippen LogP contribution in [0.1, 0.15) is 0 Å². The maximum absolute atomic E-state index is 12.7. The normalized spacial score (nSPS) is 9.94. The lowest BCUT2D eigenvalue weighted by Gasteiger charge is -2.04. The number of ether oxygens (including phenoxy) is 1. The zero-order chi connectivity index (χ0) is 12.3. The maximum atomic E-state index is 12.7. The first-order chi connectivity index (χ1) is 8.16. The van der Waals surface area contributed by atoms with E-state index in [0.717, 1.165) is 0 Å². The molecule has 0 aliphatic heterocycles. The lowest BCUT2D eigenvalue weighted by Crippen LogP contribution is -1.95. The lowest BCUT2D eigenvalue weighted by molar-refractivity contribution is -0.390. The van der Waals surface area contributed by atoms with Crippen molar-refractivity contribution >= 4 is 5.82 Å². The zero-order valence-electron chi connectivity index (χ0n) is 8.54. The molecule has 0 N–H and O–H groups in total. The number of rotatable bonds is 3. The summed E-state index contributed by atoms with van der Waals surface area (Å²) in [4.78, 5) is 13.6. The Morgan fingerprint density at radius 3 is 2.59 bits per heavy atom. The monoisotopic (exact) mass is 234 g/mol. The van der Waals surface area contributed by atoms with E-state index in [4.69, 9.17) is 4.74 Å². The number of halogens is 1. The molecule has 0 amide bonds. The Bertz CT molecular complexity index is 543. The van der Waals surface area contributed by atoms with Crippen LogP contribution in [0.3, 0.4) is 0 Å². The molecule has 0 unspecified atom stereocenters. The number of nitro groups is 1. The number of hydrogen-bond donors (Lipinski definition) is 0. The molecular weight excluding hydrogens is 227 g/mol.